The van der Waals surface area contributed by atoms with Gasteiger partial charge in [0.05, 0.1) is 12.6 Å². The zero-order chi connectivity index (χ0) is 15.2. The zero-order valence-corrected chi connectivity index (χ0v) is 13.0. The van der Waals surface area contributed by atoms with Crippen LogP contribution in [0.2, 0.25) is 0 Å². The summed E-state index contributed by atoms with van der Waals surface area (Å²) in [6, 6.07) is 8.25. The van der Waals surface area contributed by atoms with E-state index in [2.05, 4.69) is 19.1 Å². The summed E-state index contributed by atoms with van der Waals surface area (Å²) in [5, 5.41) is 0. The van der Waals surface area contributed by atoms with E-state index in [1.807, 2.05) is 17.0 Å². The number of rotatable bonds is 5. The van der Waals surface area contributed by atoms with Crippen LogP contribution >= 0.6 is 0 Å². The summed E-state index contributed by atoms with van der Waals surface area (Å²) in [6.07, 6.45) is 3.34. The van der Waals surface area contributed by atoms with Gasteiger partial charge in [0, 0.05) is 26.1 Å². The van der Waals surface area contributed by atoms with Crippen LogP contribution in [0.4, 0.5) is 0 Å². The van der Waals surface area contributed by atoms with Crippen LogP contribution in [-0.4, -0.2) is 30.5 Å². The van der Waals surface area contributed by atoms with Crippen LogP contribution in [0.15, 0.2) is 24.3 Å². The number of hydrogen-bond donors (Lipinski definition) is 1. The molecule has 1 fully saturated rings. The number of benzene rings is 1. The summed E-state index contributed by atoms with van der Waals surface area (Å²) in [5.41, 5.74) is 8.64. The smallest absolute Gasteiger partial charge is 0.223 e. The third-order valence-corrected chi connectivity index (χ3v) is 4.06. The average molecular weight is 290 g/mol. The van der Waals surface area contributed by atoms with Crippen molar-refractivity contribution < 1.29 is 9.53 Å². The van der Waals surface area contributed by atoms with Crippen molar-refractivity contribution in [3.05, 3.63) is 35.4 Å². The molecule has 0 aromatic heterocycles. The monoisotopic (exact) mass is 290 g/mol. The first-order valence-electron chi connectivity index (χ1n) is 7.80. The summed E-state index contributed by atoms with van der Waals surface area (Å²) in [4.78, 5) is 14.4. The Morgan fingerprint density at radius 3 is 2.95 bits per heavy atom. The molecule has 0 saturated carbocycles. The van der Waals surface area contributed by atoms with Crippen molar-refractivity contribution in [2.24, 2.45) is 5.73 Å². The van der Waals surface area contributed by atoms with Crippen molar-refractivity contribution in [2.45, 2.75) is 51.3 Å². The van der Waals surface area contributed by atoms with Gasteiger partial charge >= 0.3 is 0 Å². The first kappa shape index (κ1) is 16.0. The van der Waals surface area contributed by atoms with E-state index in [-0.39, 0.29) is 18.0 Å². The molecule has 0 radical (unpaired) electrons. The predicted octanol–water partition coefficient (Wildman–Crippen LogP) is 2.62. The SMILES string of the molecule is CCCN1C(=O)CCCC(N)C1c1cccc(COC)c1. The minimum Gasteiger partial charge on any atom is -0.380 e. The van der Waals surface area contributed by atoms with Gasteiger partial charge in [-0.1, -0.05) is 31.2 Å². The molecular formula is C17H26N2O2. The van der Waals surface area contributed by atoms with Crippen LogP contribution in [-0.2, 0) is 16.1 Å². The molecule has 0 bridgehead atoms. The lowest BCUT2D eigenvalue weighted by Crippen LogP contribution is -2.42. The van der Waals surface area contributed by atoms with Crippen molar-refractivity contribution in [3.63, 3.8) is 0 Å². The third-order valence-electron chi connectivity index (χ3n) is 4.06. The van der Waals surface area contributed by atoms with Gasteiger partial charge in [0.15, 0.2) is 0 Å². The van der Waals surface area contributed by atoms with Crippen LogP contribution in [0.5, 0.6) is 0 Å². The number of methoxy groups -OCH3 is 1. The molecule has 4 nitrogen and oxygen atoms in total. The Morgan fingerprint density at radius 1 is 1.43 bits per heavy atom. The van der Waals surface area contributed by atoms with Crippen molar-refractivity contribution in [1.82, 2.24) is 4.90 Å². The van der Waals surface area contributed by atoms with Gasteiger partial charge in [-0.2, -0.15) is 0 Å². The van der Waals surface area contributed by atoms with Crippen LogP contribution in [0.3, 0.4) is 0 Å². The van der Waals surface area contributed by atoms with Crippen LogP contribution in [0, 0.1) is 0 Å². The highest BCUT2D eigenvalue weighted by atomic mass is 16.5. The lowest BCUT2D eigenvalue weighted by molar-refractivity contribution is -0.133. The highest BCUT2D eigenvalue weighted by Gasteiger charge is 2.32. The van der Waals surface area contributed by atoms with E-state index in [1.54, 1.807) is 7.11 Å². The molecule has 1 aliphatic heterocycles. The van der Waals surface area contributed by atoms with E-state index in [0.717, 1.165) is 36.9 Å². The Labute approximate surface area is 127 Å². The standard InChI is InChI=1S/C17H26N2O2/c1-3-10-19-16(20)9-5-8-15(18)17(19)14-7-4-6-13(11-14)12-21-2/h4,6-7,11,15,17H,3,5,8-10,12,18H2,1-2H3. The van der Waals surface area contributed by atoms with Crippen molar-refractivity contribution in [1.29, 1.82) is 0 Å². The minimum absolute atomic E-state index is 0.000736. The molecule has 116 valence electrons. The highest BCUT2D eigenvalue weighted by Crippen LogP contribution is 2.30. The molecular weight excluding hydrogens is 264 g/mol. The van der Waals surface area contributed by atoms with E-state index >= 15 is 0 Å². The van der Waals surface area contributed by atoms with Crippen molar-refractivity contribution in [2.75, 3.05) is 13.7 Å². The van der Waals surface area contributed by atoms with Gasteiger partial charge < -0.3 is 15.4 Å². The van der Waals surface area contributed by atoms with Gasteiger partial charge in [-0.25, -0.2) is 0 Å². The van der Waals surface area contributed by atoms with Crippen molar-refractivity contribution in [3.8, 4) is 0 Å². The first-order chi connectivity index (χ1) is 10.2. The van der Waals surface area contributed by atoms with Gasteiger partial charge in [0.25, 0.3) is 0 Å². The number of nitrogens with zero attached hydrogens (tertiary/aromatic N) is 1. The first-order valence-corrected chi connectivity index (χ1v) is 7.80. The fourth-order valence-corrected chi connectivity index (χ4v) is 3.14. The fraction of sp³-hybridized carbons (Fsp3) is 0.588. The molecule has 2 atom stereocenters. The number of carbonyl (C=O) groups is 1. The third kappa shape index (κ3) is 3.83. The molecule has 2 N–H and O–H groups in total. The van der Waals surface area contributed by atoms with E-state index in [9.17, 15) is 4.79 Å². The molecule has 2 rings (SSSR count). The van der Waals surface area contributed by atoms with Crippen molar-refractivity contribution >= 4 is 5.91 Å². The maximum Gasteiger partial charge on any atom is 0.223 e. The average Bonchev–Trinajstić information content (AvgIpc) is 2.60. The predicted molar refractivity (Wildman–Crippen MR) is 83.7 cm³/mol. The molecule has 1 aliphatic rings. The summed E-state index contributed by atoms with van der Waals surface area (Å²) >= 11 is 0. The molecule has 2 unspecified atom stereocenters. The Kier molecular flexibility index (Phi) is 5.76. The van der Waals surface area contributed by atoms with Gasteiger partial charge in [0.1, 0.15) is 0 Å². The van der Waals surface area contributed by atoms with Gasteiger partial charge in [0.2, 0.25) is 5.91 Å². The second-order valence-electron chi connectivity index (χ2n) is 5.77. The normalized spacial score (nSPS) is 23.2. The Balaban J connectivity index is 2.34. The maximum atomic E-state index is 12.4. The molecule has 4 heteroatoms. The molecule has 1 aromatic rings. The Hall–Kier alpha value is -1.39. The molecule has 21 heavy (non-hydrogen) atoms. The highest BCUT2D eigenvalue weighted by molar-refractivity contribution is 5.77. The summed E-state index contributed by atoms with van der Waals surface area (Å²) in [5.74, 6) is 0.229. The number of amides is 1. The van der Waals surface area contributed by atoms with E-state index in [4.69, 9.17) is 10.5 Å². The number of nitrogens with two attached hydrogens (primary N) is 1. The molecule has 1 amide bonds. The second-order valence-corrected chi connectivity index (χ2v) is 5.77. The van der Waals surface area contributed by atoms with Gasteiger partial charge in [-0.05, 0) is 30.4 Å². The maximum absolute atomic E-state index is 12.4. The molecule has 1 saturated heterocycles. The second kappa shape index (κ2) is 7.57. The summed E-state index contributed by atoms with van der Waals surface area (Å²) in [6.45, 7) is 3.45. The molecule has 0 aliphatic carbocycles. The summed E-state index contributed by atoms with van der Waals surface area (Å²) < 4.78 is 5.21. The fourth-order valence-electron chi connectivity index (χ4n) is 3.14. The lowest BCUT2D eigenvalue weighted by atomic mass is 9.95. The van der Waals surface area contributed by atoms with Crippen LogP contribution in [0.25, 0.3) is 0 Å². The molecule has 1 aromatic carbocycles. The van der Waals surface area contributed by atoms with Crippen LogP contribution < -0.4 is 5.73 Å². The quantitative estimate of drug-likeness (QED) is 0.907. The minimum atomic E-state index is -0.0169. The Morgan fingerprint density at radius 2 is 2.24 bits per heavy atom. The van der Waals surface area contributed by atoms with E-state index < -0.39 is 0 Å². The number of hydrogen-bond acceptors (Lipinski definition) is 3. The number of ether oxygens (including phenoxy) is 1. The molecule has 0 spiro atoms. The van der Waals surface area contributed by atoms with Crippen LogP contribution in [0.1, 0.15) is 49.8 Å². The topological polar surface area (TPSA) is 55.6 Å². The zero-order valence-electron chi connectivity index (χ0n) is 13.0. The molecule has 1 heterocycles. The van der Waals surface area contributed by atoms with Gasteiger partial charge in [-0.15, -0.1) is 0 Å². The largest absolute Gasteiger partial charge is 0.380 e. The van der Waals surface area contributed by atoms with Gasteiger partial charge in [-0.3, -0.25) is 4.79 Å². The number of likely N-dealkylation sites (tertiary alicyclic amines) is 1. The Bertz CT molecular complexity index is 476. The van der Waals surface area contributed by atoms with E-state index in [0.29, 0.717) is 13.0 Å². The van der Waals surface area contributed by atoms with E-state index in [1.165, 1.54) is 0 Å². The summed E-state index contributed by atoms with van der Waals surface area (Å²) in [7, 11) is 1.69. The number of carbonyl (C=O) groups excluding carboxylic acids is 1. The lowest BCUT2D eigenvalue weighted by Gasteiger charge is -2.34.